The van der Waals surface area contributed by atoms with Gasteiger partial charge < -0.3 is 4.74 Å². The Bertz CT molecular complexity index is 111. The number of hydrogen-bond donors (Lipinski definition) is 0. The fourth-order valence-electron chi connectivity index (χ4n) is 1.51. The van der Waals surface area contributed by atoms with Crippen molar-refractivity contribution in [3.05, 3.63) is 0 Å². The molecule has 12 heavy (non-hydrogen) atoms. The molecule has 2 nitrogen and oxygen atoms in total. The highest BCUT2D eigenvalue weighted by atomic mass is 16.5. The van der Waals surface area contributed by atoms with Crippen LogP contribution < -0.4 is 0 Å². The number of hydrogen-bond acceptors (Lipinski definition) is 2. The fraction of sp³-hybridized carbons (Fsp3) is 0.900. The molecule has 0 saturated heterocycles. The normalized spacial score (nSPS) is 20.2. The van der Waals surface area contributed by atoms with Gasteiger partial charge in [0.15, 0.2) is 0 Å². The third-order valence-corrected chi connectivity index (χ3v) is 2.29. The number of carbonyl (C=O) groups excluding carboxylic acids is 1. The van der Waals surface area contributed by atoms with E-state index in [0.717, 1.165) is 0 Å². The molecule has 1 fully saturated rings. The molecule has 0 heterocycles. The standard InChI is InChI=1S/C8H16.C2H3O2/c1-8(2)6-4-3-5-7-8;1-4-2-3/h3-7H2,1-2H3;1H3. The van der Waals surface area contributed by atoms with Gasteiger partial charge >= 0.3 is 6.47 Å². The lowest BCUT2D eigenvalue weighted by Gasteiger charge is -2.28. The van der Waals surface area contributed by atoms with Gasteiger partial charge in [0.05, 0.1) is 7.11 Å². The lowest BCUT2D eigenvalue weighted by molar-refractivity contribution is 0.244. The van der Waals surface area contributed by atoms with E-state index < -0.39 is 0 Å². The van der Waals surface area contributed by atoms with Crippen LogP contribution in [-0.2, 0) is 9.53 Å². The van der Waals surface area contributed by atoms with Crippen LogP contribution in [0.4, 0.5) is 0 Å². The second kappa shape index (κ2) is 6.04. The van der Waals surface area contributed by atoms with Crippen LogP contribution in [0.1, 0.15) is 46.0 Å². The van der Waals surface area contributed by atoms with Crippen molar-refractivity contribution >= 4 is 6.47 Å². The first kappa shape index (κ1) is 11.5. The summed E-state index contributed by atoms with van der Waals surface area (Å²) in [6, 6.07) is 0. The summed E-state index contributed by atoms with van der Waals surface area (Å²) in [7, 11) is 1.26. The summed E-state index contributed by atoms with van der Waals surface area (Å²) in [5, 5.41) is 0. The lowest BCUT2D eigenvalue weighted by atomic mass is 9.78. The van der Waals surface area contributed by atoms with Crippen molar-refractivity contribution in [3.63, 3.8) is 0 Å². The molecule has 1 saturated carbocycles. The summed E-state index contributed by atoms with van der Waals surface area (Å²) in [6.45, 7) is 5.94. The molecular formula is C10H19O2. The molecule has 0 amide bonds. The van der Waals surface area contributed by atoms with Crippen molar-refractivity contribution in [1.82, 2.24) is 0 Å². The maximum Gasteiger partial charge on any atom is 0.417 e. The van der Waals surface area contributed by atoms with Crippen LogP contribution in [0.25, 0.3) is 0 Å². The number of methoxy groups -OCH3 is 1. The van der Waals surface area contributed by atoms with Crippen LogP contribution in [0.15, 0.2) is 0 Å². The maximum atomic E-state index is 8.83. The molecule has 2 heteroatoms. The van der Waals surface area contributed by atoms with Crippen molar-refractivity contribution in [3.8, 4) is 0 Å². The maximum absolute atomic E-state index is 8.83. The van der Waals surface area contributed by atoms with E-state index >= 15 is 0 Å². The molecule has 0 spiro atoms. The van der Waals surface area contributed by atoms with Gasteiger partial charge in [0.1, 0.15) is 0 Å². The van der Waals surface area contributed by atoms with Gasteiger partial charge in [0.2, 0.25) is 0 Å². The van der Waals surface area contributed by atoms with E-state index in [1.165, 1.54) is 45.7 Å². The molecule has 1 aliphatic rings. The Labute approximate surface area is 75.3 Å². The van der Waals surface area contributed by atoms with E-state index in [2.05, 4.69) is 18.6 Å². The van der Waals surface area contributed by atoms with E-state index in [4.69, 9.17) is 4.79 Å². The lowest BCUT2D eigenvalue weighted by Crippen LogP contribution is -2.14. The molecule has 1 radical (unpaired) electrons. The van der Waals surface area contributed by atoms with E-state index in [-0.39, 0.29) is 0 Å². The van der Waals surface area contributed by atoms with Crippen LogP contribution in [0.2, 0.25) is 0 Å². The second-order valence-corrected chi connectivity index (χ2v) is 4.01. The van der Waals surface area contributed by atoms with Gasteiger partial charge in [-0.3, -0.25) is 0 Å². The second-order valence-electron chi connectivity index (χ2n) is 4.01. The van der Waals surface area contributed by atoms with Gasteiger partial charge in [-0.1, -0.05) is 33.1 Å². The van der Waals surface area contributed by atoms with Gasteiger partial charge in [-0.05, 0) is 18.3 Å². The highest BCUT2D eigenvalue weighted by molar-refractivity contribution is 5.37. The predicted molar refractivity (Wildman–Crippen MR) is 49.6 cm³/mol. The molecule has 0 aliphatic heterocycles. The molecule has 1 rings (SSSR count). The van der Waals surface area contributed by atoms with Crippen molar-refractivity contribution in [2.75, 3.05) is 7.11 Å². The van der Waals surface area contributed by atoms with E-state index in [0.29, 0.717) is 5.41 Å². The zero-order valence-electron chi connectivity index (χ0n) is 8.35. The molecule has 71 valence electrons. The van der Waals surface area contributed by atoms with Crippen LogP contribution >= 0.6 is 0 Å². The Morgan fingerprint density at radius 3 is 1.75 bits per heavy atom. The highest BCUT2D eigenvalue weighted by Crippen LogP contribution is 2.34. The Morgan fingerprint density at radius 2 is 1.58 bits per heavy atom. The van der Waals surface area contributed by atoms with E-state index in [1.54, 1.807) is 0 Å². The van der Waals surface area contributed by atoms with E-state index in [9.17, 15) is 0 Å². The minimum absolute atomic E-state index is 0.679. The molecule has 0 unspecified atom stereocenters. The van der Waals surface area contributed by atoms with Gasteiger partial charge in [0.25, 0.3) is 0 Å². The average molecular weight is 171 g/mol. The van der Waals surface area contributed by atoms with Gasteiger partial charge in [0, 0.05) is 0 Å². The quantitative estimate of drug-likeness (QED) is 0.606. The Hall–Kier alpha value is -0.530. The van der Waals surface area contributed by atoms with Crippen LogP contribution in [0, 0.1) is 5.41 Å². The minimum Gasteiger partial charge on any atom is -0.461 e. The molecule has 0 atom stereocenters. The molecular weight excluding hydrogens is 152 g/mol. The molecule has 0 aromatic rings. The van der Waals surface area contributed by atoms with Gasteiger partial charge in [-0.15, -0.1) is 0 Å². The van der Waals surface area contributed by atoms with Crippen molar-refractivity contribution in [1.29, 1.82) is 0 Å². The summed E-state index contributed by atoms with van der Waals surface area (Å²) in [5.74, 6) is 0. The first-order valence-electron chi connectivity index (χ1n) is 4.52. The summed E-state index contributed by atoms with van der Waals surface area (Å²) in [5.41, 5.74) is 0.679. The predicted octanol–water partition coefficient (Wildman–Crippen LogP) is 2.68. The molecule has 1 aliphatic carbocycles. The first-order valence-corrected chi connectivity index (χ1v) is 4.52. The van der Waals surface area contributed by atoms with Crippen LogP contribution in [-0.4, -0.2) is 13.6 Å². The Balaban J connectivity index is 0.000000261. The summed E-state index contributed by atoms with van der Waals surface area (Å²) >= 11 is 0. The van der Waals surface area contributed by atoms with Crippen LogP contribution in [0.3, 0.4) is 0 Å². The fourth-order valence-corrected chi connectivity index (χ4v) is 1.51. The highest BCUT2D eigenvalue weighted by Gasteiger charge is 2.19. The zero-order valence-corrected chi connectivity index (χ0v) is 8.35. The molecule has 0 aromatic carbocycles. The largest absolute Gasteiger partial charge is 0.461 e. The first-order chi connectivity index (χ1) is 5.62. The topological polar surface area (TPSA) is 26.3 Å². The van der Waals surface area contributed by atoms with Crippen molar-refractivity contribution < 1.29 is 9.53 Å². The SMILES string of the molecule is CC1(C)CCCCC1.CO[C]=O. The summed E-state index contributed by atoms with van der Waals surface area (Å²) < 4.78 is 3.74. The number of rotatable bonds is 1. The molecule has 0 N–H and O–H groups in total. The zero-order chi connectivity index (χ0) is 9.45. The minimum atomic E-state index is 0.679. The average Bonchev–Trinajstić information content (AvgIpc) is 2.05. The molecule has 0 bridgehead atoms. The van der Waals surface area contributed by atoms with Crippen molar-refractivity contribution in [2.24, 2.45) is 5.41 Å². The Kier molecular flexibility index (Phi) is 5.77. The van der Waals surface area contributed by atoms with Crippen LogP contribution in [0.5, 0.6) is 0 Å². The van der Waals surface area contributed by atoms with Crippen molar-refractivity contribution in [2.45, 2.75) is 46.0 Å². The molecule has 0 aromatic heterocycles. The Morgan fingerprint density at radius 1 is 1.17 bits per heavy atom. The third-order valence-electron chi connectivity index (χ3n) is 2.29. The summed E-state index contributed by atoms with van der Waals surface area (Å²) in [6.07, 6.45) is 7.31. The monoisotopic (exact) mass is 171 g/mol. The smallest absolute Gasteiger partial charge is 0.417 e. The third kappa shape index (κ3) is 6.20. The van der Waals surface area contributed by atoms with Gasteiger partial charge in [-0.25, -0.2) is 4.79 Å². The number of ether oxygens (including phenoxy) is 1. The van der Waals surface area contributed by atoms with E-state index in [1.807, 2.05) is 0 Å². The van der Waals surface area contributed by atoms with Gasteiger partial charge in [-0.2, -0.15) is 0 Å². The summed E-state index contributed by atoms with van der Waals surface area (Å²) in [4.78, 5) is 8.83.